The number of hydrogen-bond acceptors (Lipinski definition) is 3. The minimum Gasteiger partial charge on any atom is -0.308 e. The standard InChI is InChI=1S/C14H24ClN3S/c1-3-6-16-13(11-5-8-19-10-11)14-12(15)9-17-18(14)7-4-2/h9,11,13,16H,3-8,10H2,1-2H3. The molecule has 0 spiro atoms. The Morgan fingerprint density at radius 2 is 2.37 bits per heavy atom. The second-order valence-electron chi connectivity index (χ2n) is 5.16. The van der Waals surface area contributed by atoms with Gasteiger partial charge in [0.2, 0.25) is 0 Å². The van der Waals surface area contributed by atoms with E-state index in [-0.39, 0.29) is 0 Å². The Kier molecular flexibility index (Phi) is 6.05. The van der Waals surface area contributed by atoms with Crippen molar-refractivity contribution in [2.75, 3.05) is 18.1 Å². The predicted molar refractivity (Wildman–Crippen MR) is 84.0 cm³/mol. The minimum atomic E-state index is 0.358. The number of hydrogen-bond donors (Lipinski definition) is 1. The third kappa shape index (κ3) is 3.67. The molecule has 0 bridgehead atoms. The Balaban J connectivity index is 2.22. The zero-order chi connectivity index (χ0) is 13.7. The summed E-state index contributed by atoms with van der Waals surface area (Å²) in [4.78, 5) is 0. The van der Waals surface area contributed by atoms with Gasteiger partial charge >= 0.3 is 0 Å². The summed E-state index contributed by atoms with van der Waals surface area (Å²) in [6, 6.07) is 0.358. The molecule has 5 heteroatoms. The molecule has 2 rings (SSSR count). The summed E-state index contributed by atoms with van der Waals surface area (Å²) in [6.07, 6.45) is 5.32. The summed E-state index contributed by atoms with van der Waals surface area (Å²) in [5.41, 5.74) is 1.20. The second-order valence-corrected chi connectivity index (χ2v) is 6.71. The van der Waals surface area contributed by atoms with Crippen molar-refractivity contribution in [3.8, 4) is 0 Å². The van der Waals surface area contributed by atoms with Crippen molar-refractivity contribution in [1.29, 1.82) is 0 Å². The molecule has 19 heavy (non-hydrogen) atoms. The lowest BCUT2D eigenvalue weighted by Gasteiger charge is -2.25. The first-order valence-corrected chi connectivity index (χ1v) is 8.83. The highest BCUT2D eigenvalue weighted by molar-refractivity contribution is 7.99. The first-order chi connectivity index (χ1) is 9.27. The zero-order valence-corrected chi connectivity index (χ0v) is 13.4. The van der Waals surface area contributed by atoms with Crippen LogP contribution in [0.2, 0.25) is 5.02 Å². The van der Waals surface area contributed by atoms with E-state index in [9.17, 15) is 0 Å². The first-order valence-electron chi connectivity index (χ1n) is 7.30. The summed E-state index contributed by atoms with van der Waals surface area (Å²) >= 11 is 8.46. The summed E-state index contributed by atoms with van der Waals surface area (Å²) in [5, 5.41) is 8.96. The van der Waals surface area contributed by atoms with Gasteiger partial charge in [0.1, 0.15) is 0 Å². The molecule has 2 heterocycles. The fourth-order valence-corrected chi connectivity index (χ4v) is 4.23. The predicted octanol–water partition coefficient (Wildman–Crippen LogP) is 3.74. The number of thioether (sulfide) groups is 1. The fraction of sp³-hybridized carbons (Fsp3) is 0.786. The maximum Gasteiger partial charge on any atom is 0.0834 e. The van der Waals surface area contributed by atoms with Gasteiger partial charge in [-0.2, -0.15) is 16.9 Å². The number of rotatable bonds is 7. The van der Waals surface area contributed by atoms with Crippen molar-refractivity contribution in [1.82, 2.24) is 15.1 Å². The molecule has 1 fully saturated rings. The van der Waals surface area contributed by atoms with Crippen LogP contribution in [0.25, 0.3) is 0 Å². The van der Waals surface area contributed by atoms with Crippen LogP contribution in [0.4, 0.5) is 0 Å². The summed E-state index contributed by atoms with van der Waals surface area (Å²) in [7, 11) is 0. The van der Waals surface area contributed by atoms with E-state index < -0.39 is 0 Å². The molecule has 3 nitrogen and oxygen atoms in total. The molecule has 1 aromatic heterocycles. The van der Waals surface area contributed by atoms with Gasteiger partial charge in [-0.25, -0.2) is 0 Å². The molecular formula is C14H24ClN3S. The molecule has 0 amide bonds. The maximum absolute atomic E-state index is 6.40. The van der Waals surface area contributed by atoms with Gasteiger partial charge in [0, 0.05) is 6.54 Å². The topological polar surface area (TPSA) is 29.9 Å². The SMILES string of the molecule is CCCNC(c1c(Cl)cnn1CCC)C1CCSC1. The van der Waals surface area contributed by atoms with Crippen molar-refractivity contribution >= 4 is 23.4 Å². The second kappa shape index (κ2) is 7.55. The van der Waals surface area contributed by atoms with E-state index in [0.29, 0.717) is 12.0 Å². The van der Waals surface area contributed by atoms with Crippen LogP contribution in [-0.2, 0) is 6.54 Å². The minimum absolute atomic E-state index is 0.358. The molecule has 1 aliphatic rings. The summed E-state index contributed by atoms with van der Waals surface area (Å²) in [5.74, 6) is 3.19. The van der Waals surface area contributed by atoms with E-state index >= 15 is 0 Å². The number of nitrogens with zero attached hydrogens (tertiary/aromatic N) is 2. The molecule has 1 saturated heterocycles. The van der Waals surface area contributed by atoms with E-state index in [1.54, 1.807) is 6.20 Å². The number of halogens is 1. The third-order valence-electron chi connectivity index (χ3n) is 3.61. The average molecular weight is 302 g/mol. The van der Waals surface area contributed by atoms with E-state index in [4.69, 9.17) is 11.6 Å². The van der Waals surface area contributed by atoms with Crippen molar-refractivity contribution in [3.05, 3.63) is 16.9 Å². The normalized spacial score (nSPS) is 20.9. The van der Waals surface area contributed by atoms with E-state index in [0.717, 1.165) is 31.0 Å². The van der Waals surface area contributed by atoms with Crippen LogP contribution in [0.1, 0.15) is 44.8 Å². The molecule has 1 N–H and O–H groups in total. The summed E-state index contributed by atoms with van der Waals surface area (Å²) < 4.78 is 2.10. The van der Waals surface area contributed by atoms with Crippen LogP contribution in [0.3, 0.4) is 0 Å². The molecule has 1 aliphatic heterocycles. The van der Waals surface area contributed by atoms with Crippen LogP contribution in [0, 0.1) is 5.92 Å². The van der Waals surface area contributed by atoms with Gasteiger partial charge in [-0.05, 0) is 43.2 Å². The van der Waals surface area contributed by atoms with E-state index in [1.165, 1.54) is 23.6 Å². The Morgan fingerprint density at radius 1 is 1.53 bits per heavy atom. The fourth-order valence-electron chi connectivity index (χ4n) is 2.67. The lowest BCUT2D eigenvalue weighted by Crippen LogP contribution is -2.31. The van der Waals surface area contributed by atoms with Crippen LogP contribution in [0.5, 0.6) is 0 Å². The molecule has 0 aromatic carbocycles. The maximum atomic E-state index is 6.40. The molecular weight excluding hydrogens is 278 g/mol. The molecule has 2 atom stereocenters. The van der Waals surface area contributed by atoms with Crippen LogP contribution >= 0.6 is 23.4 Å². The van der Waals surface area contributed by atoms with Gasteiger partial charge in [-0.3, -0.25) is 4.68 Å². The Hall–Kier alpha value is -0.190. The Bertz CT molecular complexity index is 388. The van der Waals surface area contributed by atoms with Crippen molar-refractivity contribution in [2.45, 2.75) is 45.7 Å². The first kappa shape index (κ1) is 15.2. The monoisotopic (exact) mass is 301 g/mol. The van der Waals surface area contributed by atoms with Crippen LogP contribution in [0.15, 0.2) is 6.20 Å². The molecule has 0 saturated carbocycles. The summed E-state index contributed by atoms with van der Waals surface area (Å²) in [6.45, 7) is 6.38. The number of aryl methyl sites for hydroxylation is 1. The van der Waals surface area contributed by atoms with Crippen LogP contribution in [-0.4, -0.2) is 27.8 Å². The molecule has 0 aliphatic carbocycles. The lowest BCUT2D eigenvalue weighted by atomic mass is 9.96. The smallest absolute Gasteiger partial charge is 0.0834 e. The van der Waals surface area contributed by atoms with Crippen molar-refractivity contribution in [2.24, 2.45) is 5.92 Å². The van der Waals surface area contributed by atoms with Crippen molar-refractivity contribution < 1.29 is 0 Å². The van der Waals surface area contributed by atoms with Crippen molar-refractivity contribution in [3.63, 3.8) is 0 Å². The Labute approximate surface area is 125 Å². The molecule has 2 unspecified atom stereocenters. The molecule has 0 radical (unpaired) electrons. The van der Waals surface area contributed by atoms with Gasteiger partial charge in [0.15, 0.2) is 0 Å². The number of nitrogens with one attached hydrogen (secondary N) is 1. The number of aromatic nitrogens is 2. The van der Waals surface area contributed by atoms with E-state index in [1.807, 2.05) is 0 Å². The zero-order valence-electron chi connectivity index (χ0n) is 11.9. The highest BCUT2D eigenvalue weighted by atomic mass is 35.5. The third-order valence-corrected chi connectivity index (χ3v) is 5.09. The van der Waals surface area contributed by atoms with Gasteiger partial charge in [-0.15, -0.1) is 0 Å². The van der Waals surface area contributed by atoms with Gasteiger partial charge in [0.25, 0.3) is 0 Å². The molecule has 1 aromatic rings. The lowest BCUT2D eigenvalue weighted by molar-refractivity contribution is 0.366. The quantitative estimate of drug-likeness (QED) is 0.832. The van der Waals surface area contributed by atoms with Crippen LogP contribution < -0.4 is 5.32 Å². The van der Waals surface area contributed by atoms with Gasteiger partial charge < -0.3 is 5.32 Å². The van der Waals surface area contributed by atoms with Gasteiger partial charge in [0.05, 0.1) is 23.0 Å². The van der Waals surface area contributed by atoms with Gasteiger partial charge in [-0.1, -0.05) is 25.4 Å². The largest absolute Gasteiger partial charge is 0.308 e. The van der Waals surface area contributed by atoms with E-state index in [2.05, 4.69) is 40.7 Å². The Morgan fingerprint density at radius 3 is 3.00 bits per heavy atom. The highest BCUT2D eigenvalue weighted by Gasteiger charge is 2.30. The molecule has 108 valence electrons. The highest BCUT2D eigenvalue weighted by Crippen LogP contribution is 2.36. The average Bonchev–Trinajstić information content (AvgIpc) is 3.03.